The molecule has 0 N–H and O–H groups in total. The smallest absolute Gasteiger partial charge is 0.204 e. The summed E-state index contributed by atoms with van der Waals surface area (Å²) in [5.41, 5.74) is 1.27. The van der Waals surface area contributed by atoms with Crippen molar-refractivity contribution in [1.29, 1.82) is 0 Å². The van der Waals surface area contributed by atoms with Gasteiger partial charge in [-0.25, -0.2) is 12.8 Å². The Labute approximate surface area is 171 Å². The normalized spacial score (nSPS) is 12.0. The summed E-state index contributed by atoms with van der Waals surface area (Å²) in [6.45, 7) is 0. The predicted octanol–water partition coefficient (Wildman–Crippen LogP) is 5.43. The summed E-state index contributed by atoms with van der Waals surface area (Å²) in [4.78, 5) is 12.7. The summed E-state index contributed by atoms with van der Waals surface area (Å²) >= 11 is 3.30. The van der Waals surface area contributed by atoms with Gasteiger partial charge in [-0.3, -0.25) is 4.79 Å². The Morgan fingerprint density at radius 3 is 2.11 bits per heavy atom. The Morgan fingerprint density at radius 1 is 0.893 bits per heavy atom. The summed E-state index contributed by atoms with van der Waals surface area (Å²) < 4.78 is 40.1. The van der Waals surface area contributed by atoms with Crippen LogP contribution in [0, 0.1) is 5.82 Å². The first kappa shape index (κ1) is 20.2. The third kappa shape index (κ3) is 5.03. The van der Waals surface area contributed by atoms with Crippen LogP contribution in [0.3, 0.4) is 0 Å². The third-order valence-electron chi connectivity index (χ3n) is 4.03. The quantitative estimate of drug-likeness (QED) is 0.365. The Balaban J connectivity index is 2.06. The van der Waals surface area contributed by atoms with E-state index in [0.29, 0.717) is 11.1 Å². The van der Waals surface area contributed by atoms with Crippen LogP contribution in [0.5, 0.6) is 0 Å². The monoisotopic (exact) mass is 458 g/mol. The van der Waals surface area contributed by atoms with Gasteiger partial charge < -0.3 is 0 Å². The Morgan fingerprint density at radius 2 is 1.50 bits per heavy atom. The molecule has 142 valence electrons. The van der Waals surface area contributed by atoms with E-state index in [1.54, 1.807) is 54.6 Å². The number of hydrogen-bond acceptors (Lipinski definition) is 3. The molecular weight excluding hydrogens is 443 g/mol. The number of sulfone groups is 1. The molecule has 0 radical (unpaired) electrons. The molecular formula is C22H16BrFO3S. The van der Waals surface area contributed by atoms with Gasteiger partial charge in [-0.05, 0) is 53.6 Å². The van der Waals surface area contributed by atoms with Crippen molar-refractivity contribution in [3.8, 4) is 0 Å². The van der Waals surface area contributed by atoms with Crippen molar-refractivity contribution >= 4 is 37.6 Å². The standard InChI is InChI=1S/C22H16BrFO3S/c23-19-10-8-18(9-11-19)22(25)21(14-16-6-12-20(24)13-7-16)28(26,27)15-17-4-2-1-3-5-17/h1-14H,15H2/b21-14+. The summed E-state index contributed by atoms with van der Waals surface area (Å²) in [6.07, 6.45) is 1.29. The van der Waals surface area contributed by atoms with Crippen LogP contribution in [0.4, 0.5) is 4.39 Å². The van der Waals surface area contributed by atoms with Crippen LogP contribution >= 0.6 is 15.9 Å². The largest absolute Gasteiger partial charge is 0.288 e. The summed E-state index contributed by atoms with van der Waals surface area (Å²) in [5, 5.41) is 0. The SMILES string of the molecule is O=C(/C(=C\c1ccc(F)cc1)S(=O)(=O)Cc1ccccc1)c1ccc(Br)cc1. The summed E-state index contributed by atoms with van der Waals surface area (Å²) in [6, 6.07) is 20.4. The minimum absolute atomic E-state index is 0.258. The van der Waals surface area contributed by atoms with E-state index in [4.69, 9.17) is 0 Å². The maximum Gasteiger partial charge on any atom is 0.204 e. The number of ketones is 1. The van der Waals surface area contributed by atoms with E-state index in [1.807, 2.05) is 0 Å². The fraction of sp³-hybridized carbons (Fsp3) is 0.0455. The molecule has 3 aromatic rings. The summed E-state index contributed by atoms with van der Waals surface area (Å²) in [5.74, 6) is -1.35. The maximum atomic E-state index is 13.2. The number of halogens is 2. The van der Waals surface area contributed by atoms with Gasteiger partial charge in [0.05, 0.1) is 5.75 Å². The fourth-order valence-electron chi connectivity index (χ4n) is 2.62. The van der Waals surface area contributed by atoms with Crippen LogP contribution in [0.1, 0.15) is 21.5 Å². The van der Waals surface area contributed by atoms with Crippen LogP contribution < -0.4 is 0 Å². The molecule has 0 unspecified atom stereocenters. The number of carbonyl (C=O) groups is 1. The number of benzene rings is 3. The van der Waals surface area contributed by atoms with Crippen LogP contribution in [-0.4, -0.2) is 14.2 Å². The second-order valence-electron chi connectivity index (χ2n) is 6.14. The van der Waals surface area contributed by atoms with Gasteiger partial charge >= 0.3 is 0 Å². The first-order valence-electron chi connectivity index (χ1n) is 8.39. The minimum Gasteiger partial charge on any atom is -0.288 e. The highest BCUT2D eigenvalue weighted by atomic mass is 79.9. The van der Waals surface area contributed by atoms with Gasteiger partial charge in [0.15, 0.2) is 9.84 Å². The van der Waals surface area contributed by atoms with E-state index in [1.165, 1.54) is 30.3 Å². The van der Waals surface area contributed by atoms with Crippen molar-refractivity contribution in [1.82, 2.24) is 0 Å². The molecule has 0 aliphatic rings. The lowest BCUT2D eigenvalue weighted by molar-refractivity contribution is 0.104. The molecule has 0 amide bonds. The molecule has 0 aliphatic heterocycles. The zero-order valence-electron chi connectivity index (χ0n) is 14.7. The molecule has 0 bridgehead atoms. The number of allylic oxidation sites excluding steroid dienone is 1. The number of carbonyl (C=O) groups excluding carboxylic acids is 1. The molecule has 0 fully saturated rings. The average molecular weight is 459 g/mol. The van der Waals surface area contributed by atoms with Crippen molar-refractivity contribution in [2.45, 2.75) is 5.75 Å². The van der Waals surface area contributed by atoms with E-state index in [-0.39, 0.29) is 16.2 Å². The minimum atomic E-state index is -3.94. The van der Waals surface area contributed by atoms with Crippen LogP contribution in [0.2, 0.25) is 0 Å². The van der Waals surface area contributed by atoms with E-state index < -0.39 is 21.4 Å². The first-order chi connectivity index (χ1) is 13.3. The fourth-order valence-corrected chi connectivity index (χ4v) is 4.39. The topological polar surface area (TPSA) is 51.2 Å². The van der Waals surface area contributed by atoms with Crippen LogP contribution in [0.15, 0.2) is 88.2 Å². The maximum absolute atomic E-state index is 13.2. The van der Waals surface area contributed by atoms with Crippen LogP contribution in [0.25, 0.3) is 6.08 Å². The molecule has 3 rings (SSSR count). The molecule has 0 aromatic heterocycles. The molecule has 3 nitrogen and oxygen atoms in total. The average Bonchev–Trinajstić information content (AvgIpc) is 2.68. The van der Waals surface area contributed by atoms with Crippen molar-refractivity contribution in [3.63, 3.8) is 0 Å². The third-order valence-corrected chi connectivity index (χ3v) is 6.25. The predicted molar refractivity (Wildman–Crippen MR) is 112 cm³/mol. The lowest BCUT2D eigenvalue weighted by Crippen LogP contribution is -2.16. The van der Waals surface area contributed by atoms with Crippen LogP contribution in [-0.2, 0) is 15.6 Å². The van der Waals surface area contributed by atoms with Gasteiger partial charge in [0.2, 0.25) is 5.78 Å². The van der Waals surface area contributed by atoms with Gasteiger partial charge in [0, 0.05) is 10.0 Å². The molecule has 0 saturated heterocycles. The molecule has 6 heteroatoms. The van der Waals surface area contributed by atoms with E-state index in [9.17, 15) is 17.6 Å². The van der Waals surface area contributed by atoms with Gasteiger partial charge in [0.1, 0.15) is 10.7 Å². The van der Waals surface area contributed by atoms with Crippen molar-refractivity contribution in [2.75, 3.05) is 0 Å². The molecule has 0 saturated carbocycles. The molecule has 0 aliphatic carbocycles. The van der Waals surface area contributed by atoms with Gasteiger partial charge in [-0.15, -0.1) is 0 Å². The molecule has 0 atom stereocenters. The Bertz CT molecular complexity index is 1100. The second-order valence-corrected chi connectivity index (χ2v) is 9.01. The second kappa shape index (κ2) is 8.63. The lowest BCUT2D eigenvalue weighted by Gasteiger charge is -2.10. The van der Waals surface area contributed by atoms with Crippen molar-refractivity contribution in [3.05, 3.63) is 111 Å². The molecule has 3 aromatic carbocycles. The lowest BCUT2D eigenvalue weighted by atomic mass is 10.1. The van der Waals surface area contributed by atoms with E-state index in [2.05, 4.69) is 15.9 Å². The molecule has 28 heavy (non-hydrogen) atoms. The van der Waals surface area contributed by atoms with Gasteiger partial charge in [0.25, 0.3) is 0 Å². The van der Waals surface area contributed by atoms with E-state index >= 15 is 0 Å². The molecule has 0 spiro atoms. The summed E-state index contributed by atoms with van der Waals surface area (Å²) in [7, 11) is -3.94. The number of Topliss-reactive ketones (excluding diaryl/α,β-unsaturated/α-hetero) is 1. The highest BCUT2D eigenvalue weighted by Crippen LogP contribution is 2.23. The van der Waals surface area contributed by atoms with Gasteiger partial charge in [-0.1, -0.05) is 58.4 Å². The van der Waals surface area contributed by atoms with E-state index in [0.717, 1.165) is 4.47 Å². The highest BCUT2D eigenvalue weighted by molar-refractivity contribution is 9.10. The zero-order chi connectivity index (χ0) is 20.1. The van der Waals surface area contributed by atoms with Crippen molar-refractivity contribution in [2.24, 2.45) is 0 Å². The van der Waals surface area contributed by atoms with Gasteiger partial charge in [-0.2, -0.15) is 0 Å². The molecule has 0 heterocycles. The Hall–Kier alpha value is -2.57. The number of rotatable bonds is 6. The first-order valence-corrected chi connectivity index (χ1v) is 10.8. The van der Waals surface area contributed by atoms with Crippen molar-refractivity contribution < 1.29 is 17.6 Å². The number of hydrogen-bond donors (Lipinski definition) is 0. The zero-order valence-corrected chi connectivity index (χ0v) is 17.1. The highest BCUT2D eigenvalue weighted by Gasteiger charge is 2.26. The Kier molecular flexibility index (Phi) is 6.21.